The quantitative estimate of drug-likeness (QED) is 0.393. The number of rotatable bonds is 8. The van der Waals surface area contributed by atoms with Crippen LogP contribution in [0.2, 0.25) is 0 Å². The van der Waals surface area contributed by atoms with Crippen molar-refractivity contribution in [3.63, 3.8) is 0 Å². The van der Waals surface area contributed by atoms with E-state index in [-0.39, 0.29) is 17.0 Å². The number of nitrogens with one attached hydrogen (secondary N) is 2. The number of amides is 1. The smallest absolute Gasteiger partial charge is 0.326 e. The molecular formula is C24H28N4O6S. The van der Waals surface area contributed by atoms with Crippen molar-refractivity contribution in [3.05, 3.63) is 82.3 Å². The molecule has 0 radical (unpaired) electrons. The van der Waals surface area contributed by atoms with Gasteiger partial charge in [-0.2, -0.15) is 4.72 Å². The SMILES string of the molecule is CC(C)(C)OC(=O)[C@H](CNC(=O)c1cc(=O)n2cc(CN)ccc2c1)NS(=O)(=O)c1ccccc1. The largest absolute Gasteiger partial charge is 0.459 e. The normalized spacial score (nSPS) is 12.8. The van der Waals surface area contributed by atoms with Crippen LogP contribution in [0.3, 0.4) is 0 Å². The van der Waals surface area contributed by atoms with E-state index < -0.39 is 45.6 Å². The number of ether oxygens (including phenoxy) is 1. The molecule has 0 bridgehead atoms. The Morgan fingerprint density at radius 1 is 1.09 bits per heavy atom. The number of pyridine rings is 2. The molecule has 3 aromatic rings. The zero-order chi connectivity index (χ0) is 25.8. The molecule has 1 atom stereocenters. The lowest BCUT2D eigenvalue weighted by Crippen LogP contribution is -2.50. The van der Waals surface area contributed by atoms with Crippen LogP contribution in [0, 0.1) is 0 Å². The van der Waals surface area contributed by atoms with Crippen LogP contribution in [0.25, 0.3) is 5.52 Å². The second kappa shape index (κ2) is 10.4. The van der Waals surface area contributed by atoms with Gasteiger partial charge in [0, 0.05) is 36.4 Å². The Labute approximate surface area is 203 Å². The molecule has 11 heteroatoms. The molecular weight excluding hydrogens is 472 g/mol. The molecule has 3 rings (SSSR count). The fourth-order valence-corrected chi connectivity index (χ4v) is 4.42. The van der Waals surface area contributed by atoms with Gasteiger partial charge < -0.3 is 15.8 Å². The van der Waals surface area contributed by atoms with Crippen molar-refractivity contribution >= 4 is 27.4 Å². The van der Waals surface area contributed by atoms with E-state index in [0.29, 0.717) is 5.52 Å². The Bertz CT molecular complexity index is 1400. The van der Waals surface area contributed by atoms with E-state index >= 15 is 0 Å². The van der Waals surface area contributed by atoms with Gasteiger partial charge in [-0.25, -0.2) is 8.42 Å². The second-order valence-corrected chi connectivity index (χ2v) is 10.6. The van der Waals surface area contributed by atoms with Crippen molar-refractivity contribution in [2.24, 2.45) is 5.73 Å². The summed E-state index contributed by atoms with van der Waals surface area (Å²) >= 11 is 0. The van der Waals surface area contributed by atoms with Gasteiger partial charge in [0.25, 0.3) is 11.5 Å². The number of fused-ring (bicyclic) bond motifs is 1. The zero-order valence-electron chi connectivity index (χ0n) is 19.6. The van der Waals surface area contributed by atoms with Crippen molar-refractivity contribution in [1.82, 2.24) is 14.4 Å². The van der Waals surface area contributed by atoms with Crippen LogP contribution in [0.15, 0.2) is 70.5 Å². The zero-order valence-corrected chi connectivity index (χ0v) is 20.5. The molecule has 0 spiro atoms. The molecule has 0 aliphatic rings. The van der Waals surface area contributed by atoms with E-state index in [0.717, 1.165) is 11.6 Å². The van der Waals surface area contributed by atoms with Crippen molar-refractivity contribution in [1.29, 1.82) is 0 Å². The first-order valence-electron chi connectivity index (χ1n) is 10.8. The maximum atomic E-state index is 12.8. The van der Waals surface area contributed by atoms with Crippen LogP contribution >= 0.6 is 0 Å². The number of carbonyl (C=O) groups excluding carboxylic acids is 2. The predicted octanol–water partition coefficient (Wildman–Crippen LogP) is 1.18. The van der Waals surface area contributed by atoms with Crippen molar-refractivity contribution in [3.8, 4) is 0 Å². The van der Waals surface area contributed by atoms with Crippen molar-refractivity contribution in [2.45, 2.75) is 43.9 Å². The first kappa shape index (κ1) is 26.1. The molecule has 1 amide bonds. The predicted molar refractivity (Wildman–Crippen MR) is 130 cm³/mol. The van der Waals surface area contributed by atoms with Crippen LogP contribution in [-0.2, 0) is 26.1 Å². The van der Waals surface area contributed by atoms with Gasteiger partial charge in [-0.1, -0.05) is 24.3 Å². The molecule has 1 aromatic carbocycles. The van der Waals surface area contributed by atoms with Crippen LogP contribution in [0.4, 0.5) is 0 Å². The number of sulfonamides is 1. The number of hydrogen-bond acceptors (Lipinski definition) is 7. The molecule has 0 aliphatic carbocycles. The molecule has 0 aliphatic heterocycles. The lowest BCUT2D eigenvalue weighted by Gasteiger charge is -2.24. The average Bonchev–Trinajstić information content (AvgIpc) is 2.80. The molecule has 35 heavy (non-hydrogen) atoms. The van der Waals surface area contributed by atoms with Gasteiger partial charge in [-0.05, 0) is 50.6 Å². The summed E-state index contributed by atoms with van der Waals surface area (Å²) in [5.41, 5.74) is 5.59. The summed E-state index contributed by atoms with van der Waals surface area (Å²) in [5.74, 6) is -1.51. The van der Waals surface area contributed by atoms with Crippen molar-refractivity contribution < 1.29 is 22.7 Å². The van der Waals surface area contributed by atoms with Crippen LogP contribution in [0.5, 0.6) is 0 Å². The van der Waals surface area contributed by atoms with E-state index in [1.807, 2.05) is 0 Å². The first-order valence-corrected chi connectivity index (χ1v) is 12.3. The summed E-state index contributed by atoms with van der Waals surface area (Å²) < 4.78 is 34.6. The molecule has 10 nitrogen and oxygen atoms in total. The molecule has 2 aromatic heterocycles. The summed E-state index contributed by atoms with van der Waals surface area (Å²) in [6.45, 7) is 4.79. The van der Waals surface area contributed by atoms with Gasteiger partial charge in [-0.15, -0.1) is 0 Å². The lowest BCUT2D eigenvalue weighted by molar-refractivity contribution is -0.156. The fraction of sp³-hybridized carbons (Fsp3) is 0.292. The van der Waals surface area contributed by atoms with E-state index in [9.17, 15) is 22.8 Å². The standard InChI is InChI=1S/C24H28N4O6S/c1-24(2,3)34-23(31)20(27-35(32,33)19-7-5-4-6-8-19)14-26-22(30)17-11-18-10-9-16(13-25)15-28(18)21(29)12-17/h4-12,15,20,27H,13-14,25H2,1-3H3,(H,26,30)/t20-/m0/s1. The van der Waals surface area contributed by atoms with E-state index in [4.69, 9.17) is 10.5 Å². The van der Waals surface area contributed by atoms with Crippen LogP contribution in [0.1, 0.15) is 36.7 Å². The Kier molecular flexibility index (Phi) is 7.73. The first-order chi connectivity index (χ1) is 16.4. The number of carbonyl (C=O) groups is 2. The molecule has 186 valence electrons. The van der Waals surface area contributed by atoms with Crippen LogP contribution in [-0.4, -0.2) is 42.9 Å². The molecule has 0 saturated carbocycles. The Hall–Kier alpha value is -3.54. The lowest BCUT2D eigenvalue weighted by atomic mass is 10.1. The summed E-state index contributed by atoms with van der Waals surface area (Å²) in [5, 5.41) is 2.52. The summed E-state index contributed by atoms with van der Waals surface area (Å²) in [6.07, 6.45) is 1.59. The maximum absolute atomic E-state index is 12.8. The monoisotopic (exact) mass is 500 g/mol. The minimum absolute atomic E-state index is 0.0423. The molecule has 0 unspecified atom stereocenters. The second-order valence-electron chi connectivity index (χ2n) is 8.85. The minimum Gasteiger partial charge on any atom is -0.459 e. The number of hydrogen-bond donors (Lipinski definition) is 3. The van der Waals surface area contributed by atoms with Crippen molar-refractivity contribution in [2.75, 3.05) is 6.54 Å². The highest BCUT2D eigenvalue weighted by molar-refractivity contribution is 7.89. The number of esters is 1. The summed E-state index contributed by atoms with van der Waals surface area (Å²) in [6, 6.07) is 12.2. The molecule has 0 fully saturated rings. The summed E-state index contributed by atoms with van der Waals surface area (Å²) in [4.78, 5) is 38.0. The Morgan fingerprint density at radius 3 is 2.40 bits per heavy atom. The van der Waals surface area contributed by atoms with Gasteiger partial charge in [0.05, 0.1) is 4.90 Å². The number of benzene rings is 1. The van der Waals surface area contributed by atoms with Gasteiger partial charge in [0.1, 0.15) is 11.6 Å². The third-order valence-electron chi connectivity index (χ3n) is 4.87. The number of nitrogens with zero attached hydrogens (tertiary/aromatic N) is 1. The molecule has 0 saturated heterocycles. The molecule has 4 N–H and O–H groups in total. The summed E-state index contributed by atoms with van der Waals surface area (Å²) in [7, 11) is -4.08. The third-order valence-corrected chi connectivity index (χ3v) is 6.36. The van der Waals surface area contributed by atoms with Crippen LogP contribution < -0.4 is 21.3 Å². The third kappa shape index (κ3) is 6.75. The van der Waals surface area contributed by atoms with E-state index in [1.165, 1.54) is 22.6 Å². The van der Waals surface area contributed by atoms with Gasteiger partial charge in [0.15, 0.2) is 0 Å². The minimum atomic E-state index is -4.08. The highest BCUT2D eigenvalue weighted by Gasteiger charge is 2.30. The van der Waals surface area contributed by atoms with Gasteiger partial charge in [-0.3, -0.25) is 18.8 Å². The van der Waals surface area contributed by atoms with Gasteiger partial charge >= 0.3 is 5.97 Å². The average molecular weight is 501 g/mol. The number of nitrogens with two attached hydrogens (primary N) is 1. The highest BCUT2D eigenvalue weighted by Crippen LogP contribution is 2.12. The number of aromatic nitrogens is 1. The molecule has 2 heterocycles. The topological polar surface area (TPSA) is 149 Å². The van der Waals surface area contributed by atoms with E-state index in [1.54, 1.807) is 57.3 Å². The highest BCUT2D eigenvalue weighted by atomic mass is 32.2. The Balaban J connectivity index is 1.83. The van der Waals surface area contributed by atoms with E-state index in [2.05, 4.69) is 10.0 Å². The van der Waals surface area contributed by atoms with Gasteiger partial charge in [0.2, 0.25) is 10.0 Å². The fourth-order valence-electron chi connectivity index (χ4n) is 3.22. The Morgan fingerprint density at radius 2 is 1.77 bits per heavy atom. The maximum Gasteiger partial charge on any atom is 0.326 e.